The van der Waals surface area contributed by atoms with Gasteiger partial charge in [0, 0.05) is 31.5 Å². The highest BCUT2D eigenvalue weighted by Gasteiger charge is 2.14. The molecule has 4 nitrogen and oxygen atoms in total. The van der Waals surface area contributed by atoms with Crippen molar-refractivity contribution >= 4 is 6.03 Å². The lowest BCUT2D eigenvalue weighted by molar-refractivity contribution is 0.192. The van der Waals surface area contributed by atoms with Crippen LogP contribution in [0, 0.1) is 13.8 Å². The molecule has 0 saturated carbocycles. The van der Waals surface area contributed by atoms with Crippen molar-refractivity contribution in [2.45, 2.75) is 52.5 Å². The van der Waals surface area contributed by atoms with Crippen LogP contribution in [0.5, 0.6) is 0 Å². The average molecular weight is 275 g/mol. The molecule has 1 N–H and O–H groups in total. The number of aromatic nitrogens is 1. The molecular weight excluding hydrogens is 250 g/mol. The molecule has 0 unspecified atom stereocenters. The summed E-state index contributed by atoms with van der Waals surface area (Å²) >= 11 is 0. The van der Waals surface area contributed by atoms with E-state index in [1.165, 1.54) is 24.8 Å². The Labute approximate surface area is 121 Å². The van der Waals surface area contributed by atoms with E-state index in [0.717, 1.165) is 37.2 Å². The van der Waals surface area contributed by atoms with Gasteiger partial charge in [0.15, 0.2) is 0 Å². The Kier molecular flexibility index (Phi) is 5.39. The molecule has 1 fully saturated rings. The van der Waals surface area contributed by atoms with Crippen molar-refractivity contribution in [3.63, 3.8) is 0 Å². The predicted octanol–water partition coefficient (Wildman–Crippen LogP) is 3.17. The first-order valence-corrected chi connectivity index (χ1v) is 7.62. The molecule has 20 heavy (non-hydrogen) atoms. The second-order valence-electron chi connectivity index (χ2n) is 5.67. The summed E-state index contributed by atoms with van der Waals surface area (Å²) in [4.78, 5) is 18.5. The number of hydrogen-bond donors (Lipinski definition) is 1. The van der Waals surface area contributed by atoms with E-state index in [-0.39, 0.29) is 6.03 Å². The summed E-state index contributed by atoms with van der Waals surface area (Å²) in [7, 11) is 0. The molecular formula is C16H25N3O. The zero-order valence-electron chi connectivity index (χ0n) is 12.6. The lowest BCUT2D eigenvalue weighted by atomic mass is 10.1. The zero-order valence-corrected chi connectivity index (χ0v) is 12.6. The number of pyridine rings is 1. The highest BCUT2D eigenvalue weighted by Crippen LogP contribution is 2.11. The Morgan fingerprint density at radius 1 is 1.20 bits per heavy atom. The molecule has 4 heteroatoms. The van der Waals surface area contributed by atoms with E-state index in [2.05, 4.69) is 23.3 Å². The predicted molar refractivity (Wildman–Crippen MR) is 80.6 cm³/mol. The molecule has 2 heterocycles. The van der Waals surface area contributed by atoms with Crippen LogP contribution in [0.25, 0.3) is 0 Å². The fourth-order valence-corrected chi connectivity index (χ4v) is 2.64. The van der Waals surface area contributed by atoms with Gasteiger partial charge in [-0.2, -0.15) is 0 Å². The van der Waals surface area contributed by atoms with Gasteiger partial charge in [0.2, 0.25) is 0 Å². The normalized spacial score (nSPS) is 16.4. The van der Waals surface area contributed by atoms with Gasteiger partial charge in [-0.1, -0.05) is 19.3 Å². The molecule has 1 aliphatic heterocycles. The van der Waals surface area contributed by atoms with Gasteiger partial charge < -0.3 is 10.2 Å². The van der Waals surface area contributed by atoms with Crippen molar-refractivity contribution in [2.24, 2.45) is 0 Å². The lowest BCUT2D eigenvalue weighted by Gasteiger charge is -2.25. The number of aryl methyl sites for hydroxylation is 2. The maximum atomic E-state index is 12.2. The van der Waals surface area contributed by atoms with Crippen LogP contribution in [0.1, 0.15) is 48.9 Å². The van der Waals surface area contributed by atoms with E-state index < -0.39 is 0 Å². The molecule has 0 aliphatic carbocycles. The lowest BCUT2D eigenvalue weighted by Crippen LogP contribution is -2.41. The van der Waals surface area contributed by atoms with E-state index in [1.54, 1.807) is 0 Å². The smallest absolute Gasteiger partial charge is 0.317 e. The van der Waals surface area contributed by atoms with Gasteiger partial charge in [0.25, 0.3) is 0 Å². The van der Waals surface area contributed by atoms with Crippen molar-refractivity contribution in [1.82, 2.24) is 15.2 Å². The second kappa shape index (κ2) is 7.27. The molecule has 110 valence electrons. The van der Waals surface area contributed by atoms with E-state index >= 15 is 0 Å². The fraction of sp³-hybridized carbons (Fsp3) is 0.625. The maximum Gasteiger partial charge on any atom is 0.317 e. The Hall–Kier alpha value is -1.58. The molecule has 0 spiro atoms. The molecule has 0 aromatic carbocycles. The molecule has 0 bridgehead atoms. The van der Waals surface area contributed by atoms with Crippen molar-refractivity contribution < 1.29 is 4.79 Å². The summed E-state index contributed by atoms with van der Waals surface area (Å²) in [6.45, 7) is 6.38. The highest BCUT2D eigenvalue weighted by molar-refractivity contribution is 5.74. The molecule has 0 atom stereocenters. The van der Waals surface area contributed by atoms with Gasteiger partial charge in [-0.25, -0.2) is 4.79 Å². The zero-order chi connectivity index (χ0) is 14.4. The third-order valence-corrected chi connectivity index (χ3v) is 3.93. The summed E-state index contributed by atoms with van der Waals surface area (Å²) in [5, 5.41) is 3.02. The quantitative estimate of drug-likeness (QED) is 0.901. The van der Waals surface area contributed by atoms with Crippen molar-refractivity contribution in [3.8, 4) is 0 Å². The standard InChI is InChI=1S/C16H25N3O/c1-13-10-14(2)17-11-15(13)12-18-16(20)19-8-6-4-3-5-7-9-19/h10-11H,3-9,12H2,1-2H3,(H,18,20). The summed E-state index contributed by atoms with van der Waals surface area (Å²) in [6, 6.07) is 2.12. The minimum atomic E-state index is 0.0619. The fourth-order valence-electron chi connectivity index (χ4n) is 2.64. The van der Waals surface area contributed by atoms with Gasteiger partial charge in [0.1, 0.15) is 0 Å². The minimum Gasteiger partial charge on any atom is -0.334 e. The average Bonchev–Trinajstić information content (AvgIpc) is 2.37. The summed E-state index contributed by atoms with van der Waals surface area (Å²) in [5.74, 6) is 0. The number of carbonyl (C=O) groups is 1. The first-order chi connectivity index (χ1) is 9.66. The third kappa shape index (κ3) is 4.22. The van der Waals surface area contributed by atoms with Crippen molar-refractivity contribution in [1.29, 1.82) is 0 Å². The van der Waals surface area contributed by atoms with Gasteiger partial charge in [-0.3, -0.25) is 4.98 Å². The van der Waals surface area contributed by atoms with Crippen LogP contribution in [0.15, 0.2) is 12.3 Å². The molecule has 1 aromatic heterocycles. The largest absolute Gasteiger partial charge is 0.334 e. The van der Waals surface area contributed by atoms with E-state index in [4.69, 9.17) is 0 Å². The maximum absolute atomic E-state index is 12.2. The van der Waals surface area contributed by atoms with Crippen LogP contribution in [0.4, 0.5) is 4.79 Å². The molecule has 1 aromatic rings. The van der Waals surface area contributed by atoms with Crippen LogP contribution in [0.3, 0.4) is 0 Å². The Bertz CT molecular complexity index is 451. The van der Waals surface area contributed by atoms with Crippen LogP contribution in [-0.4, -0.2) is 29.0 Å². The molecule has 1 saturated heterocycles. The van der Waals surface area contributed by atoms with E-state index in [1.807, 2.05) is 18.0 Å². The van der Waals surface area contributed by atoms with Crippen LogP contribution >= 0.6 is 0 Å². The number of rotatable bonds is 2. The Morgan fingerprint density at radius 3 is 2.50 bits per heavy atom. The summed E-state index contributed by atoms with van der Waals surface area (Å²) in [5.41, 5.74) is 3.29. The third-order valence-electron chi connectivity index (χ3n) is 3.93. The molecule has 0 radical (unpaired) electrons. The first kappa shape index (κ1) is 14.8. The number of likely N-dealkylation sites (tertiary alicyclic amines) is 1. The van der Waals surface area contributed by atoms with Crippen LogP contribution < -0.4 is 5.32 Å². The summed E-state index contributed by atoms with van der Waals surface area (Å²) < 4.78 is 0. The Balaban J connectivity index is 1.87. The molecule has 2 amide bonds. The number of nitrogens with one attached hydrogen (secondary N) is 1. The first-order valence-electron chi connectivity index (χ1n) is 7.62. The number of nitrogens with zero attached hydrogens (tertiary/aromatic N) is 2. The minimum absolute atomic E-state index is 0.0619. The Morgan fingerprint density at radius 2 is 1.85 bits per heavy atom. The summed E-state index contributed by atoms with van der Waals surface area (Å²) in [6.07, 6.45) is 7.90. The number of hydrogen-bond acceptors (Lipinski definition) is 2. The monoisotopic (exact) mass is 275 g/mol. The van der Waals surface area contributed by atoms with Crippen LogP contribution in [0.2, 0.25) is 0 Å². The second-order valence-corrected chi connectivity index (χ2v) is 5.67. The van der Waals surface area contributed by atoms with Gasteiger partial charge in [-0.15, -0.1) is 0 Å². The van der Waals surface area contributed by atoms with E-state index in [0.29, 0.717) is 6.54 Å². The van der Waals surface area contributed by atoms with Gasteiger partial charge in [-0.05, 0) is 43.9 Å². The topological polar surface area (TPSA) is 45.2 Å². The van der Waals surface area contributed by atoms with E-state index in [9.17, 15) is 4.79 Å². The van der Waals surface area contributed by atoms with Gasteiger partial charge in [0.05, 0.1) is 0 Å². The highest BCUT2D eigenvalue weighted by atomic mass is 16.2. The molecule has 1 aliphatic rings. The number of urea groups is 1. The van der Waals surface area contributed by atoms with Crippen LogP contribution in [-0.2, 0) is 6.54 Å². The SMILES string of the molecule is Cc1cc(C)c(CNC(=O)N2CCCCCCC2)cn1. The van der Waals surface area contributed by atoms with Gasteiger partial charge >= 0.3 is 6.03 Å². The molecule has 2 rings (SSSR count). The van der Waals surface area contributed by atoms with Crippen molar-refractivity contribution in [2.75, 3.05) is 13.1 Å². The number of carbonyl (C=O) groups excluding carboxylic acids is 1. The van der Waals surface area contributed by atoms with Crippen molar-refractivity contribution in [3.05, 3.63) is 29.1 Å². The number of amides is 2.